The zero-order chi connectivity index (χ0) is 12.4. The van der Waals surface area contributed by atoms with E-state index in [2.05, 4.69) is 5.32 Å². The van der Waals surface area contributed by atoms with Crippen LogP contribution in [0.3, 0.4) is 0 Å². The van der Waals surface area contributed by atoms with Gasteiger partial charge in [-0.05, 0) is 11.6 Å². The van der Waals surface area contributed by atoms with Gasteiger partial charge in [0.15, 0.2) is 0 Å². The first kappa shape index (κ1) is 11.4. The van der Waals surface area contributed by atoms with Gasteiger partial charge in [-0.15, -0.1) is 0 Å². The van der Waals surface area contributed by atoms with Crippen molar-refractivity contribution in [2.24, 2.45) is 5.73 Å². The molecule has 0 bridgehead atoms. The van der Waals surface area contributed by atoms with Crippen molar-refractivity contribution in [3.8, 4) is 0 Å². The highest BCUT2D eigenvalue weighted by molar-refractivity contribution is 5.90. The molecule has 1 aliphatic heterocycles. The number of nitrogens with zero attached hydrogens (tertiary/aromatic N) is 1. The fourth-order valence-corrected chi connectivity index (χ4v) is 2.02. The Morgan fingerprint density at radius 2 is 2.18 bits per heavy atom. The largest absolute Gasteiger partial charge is 0.373 e. The highest BCUT2D eigenvalue weighted by Gasteiger charge is 2.28. The second-order valence-electron chi connectivity index (χ2n) is 4.22. The van der Waals surface area contributed by atoms with E-state index >= 15 is 0 Å². The number of anilines is 1. The van der Waals surface area contributed by atoms with Gasteiger partial charge in [-0.3, -0.25) is 9.59 Å². The maximum atomic E-state index is 12.0. The molecule has 0 aromatic heterocycles. The molecule has 3 N–H and O–H groups in total. The van der Waals surface area contributed by atoms with Crippen LogP contribution in [-0.2, 0) is 16.0 Å². The van der Waals surface area contributed by atoms with Crippen LogP contribution in [0.2, 0.25) is 0 Å². The summed E-state index contributed by atoms with van der Waals surface area (Å²) in [7, 11) is 1.58. The summed E-state index contributed by atoms with van der Waals surface area (Å²) in [5, 5.41) is 3.15. The molecular formula is C12H15N3O2. The lowest BCUT2D eigenvalue weighted by atomic mass is 10.1. The molecule has 5 heteroatoms. The van der Waals surface area contributed by atoms with E-state index in [1.807, 2.05) is 24.3 Å². The number of likely N-dealkylation sites (N-methyl/N-ethyl adjacent to an activating group) is 1. The molecule has 1 aromatic rings. The Bertz CT molecular complexity index is 434. The van der Waals surface area contributed by atoms with Crippen LogP contribution in [0.4, 0.5) is 5.69 Å². The second kappa shape index (κ2) is 4.45. The average Bonchev–Trinajstić information content (AvgIpc) is 2.70. The van der Waals surface area contributed by atoms with Crippen molar-refractivity contribution in [3.05, 3.63) is 29.8 Å². The van der Waals surface area contributed by atoms with Crippen molar-refractivity contribution in [1.82, 2.24) is 4.90 Å². The molecule has 1 unspecified atom stereocenters. The first-order chi connectivity index (χ1) is 8.08. The monoisotopic (exact) mass is 233 g/mol. The van der Waals surface area contributed by atoms with E-state index in [0.717, 1.165) is 11.3 Å². The lowest BCUT2D eigenvalue weighted by Crippen LogP contribution is -2.43. The van der Waals surface area contributed by atoms with Crippen LogP contribution >= 0.6 is 0 Å². The van der Waals surface area contributed by atoms with Crippen LogP contribution in [0.15, 0.2) is 24.3 Å². The Hall–Kier alpha value is -2.04. The average molecular weight is 233 g/mol. The number of hydrogen-bond acceptors (Lipinski definition) is 3. The van der Waals surface area contributed by atoms with Crippen molar-refractivity contribution < 1.29 is 9.59 Å². The SMILES string of the molecule is CN(CC(N)=O)C(=O)C1Cc2ccccc2N1. The Labute approximate surface area is 99.6 Å². The van der Waals surface area contributed by atoms with Gasteiger partial charge in [0.1, 0.15) is 6.04 Å². The highest BCUT2D eigenvalue weighted by atomic mass is 16.2. The predicted octanol–water partition coefficient (Wildman–Crippen LogP) is -0.0331. The Kier molecular flexibility index (Phi) is 2.99. The molecular weight excluding hydrogens is 218 g/mol. The Balaban J connectivity index is 2.03. The number of nitrogens with one attached hydrogen (secondary N) is 1. The highest BCUT2D eigenvalue weighted by Crippen LogP contribution is 2.25. The van der Waals surface area contributed by atoms with Crippen LogP contribution in [0.1, 0.15) is 5.56 Å². The van der Waals surface area contributed by atoms with Crippen molar-refractivity contribution in [3.63, 3.8) is 0 Å². The number of carbonyl (C=O) groups is 2. The molecule has 1 aromatic carbocycles. The van der Waals surface area contributed by atoms with E-state index in [0.29, 0.717) is 6.42 Å². The molecule has 0 saturated heterocycles. The second-order valence-corrected chi connectivity index (χ2v) is 4.22. The first-order valence-electron chi connectivity index (χ1n) is 5.45. The van der Waals surface area contributed by atoms with E-state index in [9.17, 15) is 9.59 Å². The number of para-hydroxylation sites is 1. The molecule has 1 heterocycles. The standard InChI is InChI=1S/C12H15N3O2/c1-15(7-11(13)16)12(17)10-6-8-4-2-3-5-9(8)14-10/h2-5,10,14H,6-7H2,1H3,(H2,13,16). The van der Waals surface area contributed by atoms with Crippen molar-refractivity contribution >= 4 is 17.5 Å². The number of benzene rings is 1. The van der Waals surface area contributed by atoms with Gasteiger partial charge < -0.3 is 16.0 Å². The maximum Gasteiger partial charge on any atom is 0.245 e. The third kappa shape index (κ3) is 2.38. The predicted molar refractivity (Wildman–Crippen MR) is 64.4 cm³/mol. The van der Waals surface area contributed by atoms with Crippen molar-refractivity contribution in [1.29, 1.82) is 0 Å². The Morgan fingerprint density at radius 3 is 2.82 bits per heavy atom. The summed E-state index contributed by atoms with van der Waals surface area (Å²) < 4.78 is 0. The van der Waals surface area contributed by atoms with Gasteiger partial charge in [0.25, 0.3) is 0 Å². The lowest BCUT2D eigenvalue weighted by Gasteiger charge is -2.19. The van der Waals surface area contributed by atoms with Crippen LogP contribution in [0.25, 0.3) is 0 Å². The van der Waals surface area contributed by atoms with Gasteiger partial charge in [-0.1, -0.05) is 18.2 Å². The Morgan fingerprint density at radius 1 is 1.47 bits per heavy atom. The zero-order valence-corrected chi connectivity index (χ0v) is 9.64. The number of carbonyl (C=O) groups excluding carboxylic acids is 2. The van der Waals surface area contributed by atoms with Crippen molar-refractivity contribution in [2.75, 3.05) is 18.9 Å². The normalized spacial score (nSPS) is 17.1. The third-order valence-corrected chi connectivity index (χ3v) is 2.84. The summed E-state index contributed by atoms with van der Waals surface area (Å²) in [6.07, 6.45) is 0.651. The molecule has 90 valence electrons. The van der Waals surface area contributed by atoms with E-state index in [4.69, 9.17) is 5.73 Å². The van der Waals surface area contributed by atoms with Gasteiger partial charge in [0, 0.05) is 19.2 Å². The lowest BCUT2D eigenvalue weighted by molar-refractivity contribution is -0.134. The fraction of sp³-hybridized carbons (Fsp3) is 0.333. The van der Waals surface area contributed by atoms with E-state index in [1.54, 1.807) is 7.05 Å². The number of rotatable bonds is 3. The number of nitrogens with two attached hydrogens (primary N) is 1. The molecule has 1 atom stereocenters. The number of amides is 2. The van der Waals surface area contributed by atoms with Gasteiger partial charge in [-0.2, -0.15) is 0 Å². The molecule has 0 spiro atoms. The van der Waals surface area contributed by atoms with Crippen LogP contribution in [0.5, 0.6) is 0 Å². The number of primary amides is 1. The summed E-state index contributed by atoms with van der Waals surface area (Å²) in [4.78, 5) is 24.1. The van der Waals surface area contributed by atoms with Gasteiger partial charge in [-0.25, -0.2) is 0 Å². The fourth-order valence-electron chi connectivity index (χ4n) is 2.02. The molecule has 0 saturated carbocycles. The molecule has 17 heavy (non-hydrogen) atoms. The summed E-state index contributed by atoms with van der Waals surface area (Å²) in [6, 6.07) is 7.50. The van der Waals surface area contributed by atoms with E-state index in [1.165, 1.54) is 4.90 Å². The van der Waals surface area contributed by atoms with Crippen LogP contribution in [0, 0.1) is 0 Å². The minimum Gasteiger partial charge on any atom is -0.373 e. The van der Waals surface area contributed by atoms with Gasteiger partial charge in [0.2, 0.25) is 11.8 Å². The summed E-state index contributed by atoms with van der Waals surface area (Å²) in [5.41, 5.74) is 7.17. The summed E-state index contributed by atoms with van der Waals surface area (Å²) >= 11 is 0. The summed E-state index contributed by atoms with van der Waals surface area (Å²) in [6.45, 7) is -0.0483. The first-order valence-corrected chi connectivity index (χ1v) is 5.45. The number of fused-ring (bicyclic) bond motifs is 1. The van der Waals surface area contributed by atoms with Crippen molar-refractivity contribution in [2.45, 2.75) is 12.5 Å². The molecule has 0 radical (unpaired) electrons. The van der Waals surface area contributed by atoms with Gasteiger partial charge >= 0.3 is 0 Å². The molecule has 1 aliphatic rings. The van der Waals surface area contributed by atoms with E-state index in [-0.39, 0.29) is 18.5 Å². The van der Waals surface area contributed by atoms with Gasteiger partial charge in [0.05, 0.1) is 6.54 Å². The molecule has 5 nitrogen and oxygen atoms in total. The third-order valence-electron chi connectivity index (χ3n) is 2.84. The summed E-state index contributed by atoms with van der Waals surface area (Å²) in [5.74, 6) is -0.614. The smallest absolute Gasteiger partial charge is 0.245 e. The molecule has 0 fully saturated rings. The minimum atomic E-state index is -0.503. The quantitative estimate of drug-likeness (QED) is 0.769. The zero-order valence-electron chi connectivity index (χ0n) is 9.64. The van der Waals surface area contributed by atoms with Crippen LogP contribution in [-0.4, -0.2) is 36.3 Å². The topological polar surface area (TPSA) is 75.4 Å². The minimum absolute atomic E-state index is 0.0483. The maximum absolute atomic E-state index is 12.0. The van der Waals surface area contributed by atoms with E-state index < -0.39 is 5.91 Å². The van der Waals surface area contributed by atoms with Crippen LogP contribution < -0.4 is 11.1 Å². The molecule has 2 amide bonds. The number of hydrogen-bond donors (Lipinski definition) is 2. The molecule has 2 rings (SSSR count). The molecule has 0 aliphatic carbocycles.